The van der Waals surface area contributed by atoms with Crippen molar-refractivity contribution in [2.24, 2.45) is 0 Å². The lowest BCUT2D eigenvalue weighted by Crippen LogP contribution is -2.06. The molecule has 1 heterocycles. The maximum atomic E-state index is 13.4. The van der Waals surface area contributed by atoms with Crippen LogP contribution < -0.4 is 0 Å². The molecule has 0 aliphatic carbocycles. The molecule has 0 saturated carbocycles. The summed E-state index contributed by atoms with van der Waals surface area (Å²) in [5.74, 6) is -1.22. The Balaban J connectivity index is 2.59. The van der Waals surface area contributed by atoms with Crippen LogP contribution in [-0.4, -0.2) is 20.9 Å². The van der Waals surface area contributed by atoms with Crippen LogP contribution in [0.1, 0.15) is 30.8 Å². The van der Waals surface area contributed by atoms with Gasteiger partial charge >= 0.3 is 5.97 Å². The van der Waals surface area contributed by atoms with Gasteiger partial charge in [-0.2, -0.15) is 5.10 Å². The van der Waals surface area contributed by atoms with Crippen molar-refractivity contribution in [3.63, 3.8) is 0 Å². The molecule has 4 nitrogen and oxygen atoms in total. The molecule has 0 fully saturated rings. The predicted molar refractivity (Wildman–Crippen MR) is 73.6 cm³/mol. The molecule has 0 unspecified atom stereocenters. The number of aryl methyl sites for hydroxylation is 1. The highest BCUT2D eigenvalue weighted by molar-refractivity contribution is 5.71. The average Bonchev–Trinajstić information content (AvgIpc) is 2.75. The number of aromatic nitrogens is 2. The fourth-order valence-corrected chi connectivity index (χ4v) is 2.36. The number of carboxylic acids is 1. The van der Waals surface area contributed by atoms with E-state index in [2.05, 4.69) is 5.10 Å². The second-order valence-electron chi connectivity index (χ2n) is 4.54. The number of aliphatic carboxylic acids is 1. The van der Waals surface area contributed by atoms with Gasteiger partial charge in [0, 0.05) is 11.3 Å². The minimum absolute atomic E-state index is 0.0539. The molecule has 0 amide bonds. The van der Waals surface area contributed by atoms with Crippen molar-refractivity contribution >= 4 is 5.97 Å². The van der Waals surface area contributed by atoms with E-state index in [1.54, 1.807) is 16.8 Å². The molecule has 0 aliphatic rings. The number of hydrogen-bond acceptors (Lipinski definition) is 2. The first-order chi connectivity index (χ1) is 9.56. The first-order valence-electron chi connectivity index (χ1n) is 6.64. The number of benzene rings is 1. The van der Waals surface area contributed by atoms with E-state index in [1.807, 2.05) is 13.8 Å². The van der Waals surface area contributed by atoms with Crippen LogP contribution in [0, 0.1) is 5.82 Å². The summed E-state index contributed by atoms with van der Waals surface area (Å²) in [5.41, 5.74) is 2.95. The lowest BCUT2D eigenvalue weighted by molar-refractivity contribution is -0.136. The molecule has 1 N–H and O–H groups in total. The van der Waals surface area contributed by atoms with Crippen LogP contribution in [0.5, 0.6) is 0 Å². The van der Waals surface area contributed by atoms with Gasteiger partial charge in [0.15, 0.2) is 0 Å². The fraction of sp³-hybridized carbons (Fsp3) is 0.333. The van der Waals surface area contributed by atoms with E-state index in [-0.39, 0.29) is 12.2 Å². The van der Waals surface area contributed by atoms with Crippen molar-refractivity contribution in [3.8, 4) is 5.69 Å². The van der Waals surface area contributed by atoms with Gasteiger partial charge in [-0.3, -0.25) is 4.79 Å². The maximum Gasteiger partial charge on any atom is 0.307 e. The van der Waals surface area contributed by atoms with Crippen molar-refractivity contribution < 1.29 is 14.3 Å². The van der Waals surface area contributed by atoms with Gasteiger partial charge < -0.3 is 5.11 Å². The predicted octanol–water partition coefficient (Wildman–Crippen LogP) is 2.76. The normalized spacial score (nSPS) is 10.8. The Hall–Kier alpha value is -2.17. The number of hydrogen-bond donors (Lipinski definition) is 1. The smallest absolute Gasteiger partial charge is 0.307 e. The SMILES string of the molecule is CCc1nn(-c2cccc(F)c2)c(CC)c1CC(=O)O. The van der Waals surface area contributed by atoms with Gasteiger partial charge in [0.2, 0.25) is 0 Å². The van der Waals surface area contributed by atoms with Gasteiger partial charge in [-0.05, 0) is 31.0 Å². The zero-order chi connectivity index (χ0) is 14.7. The standard InChI is InChI=1S/C15H17FN2O2/c1-3-13-12(9-15(19)20)14(4-2)18(17-13)11-7-5-6-10(16)8-11/h5-8H,3-4,9H2,1-2H3,(H,19,20). The van der Waals surface area contributed by atoms with Crippen molar-refractivity contribution in [2.45, 2.75) is 33.1 Å². The molecule has 1 aromatic heterocycles. The van der Waals surface area contributed by atoms with Crippen molar-refractivity contribution in [2.75, 3.05) is 0 Å². The number of halogens is 1. The highest BCUT2D eigenvalue weighted by Gasteiger charge is 2.18. The number of carbonyl (C=O) groups is 1. The topological polar surface area (TPSA) is 55.1 Å². The molecule has 2 aromatic rings. The molecule has 0 aliphatic heterocycles. The molecule has 0 radical (unpaired) electrons. The largest absolute Gasteiger partial charge is 0.481 e. The Labute approximate surface area is 116 Å². The third-order valence-corrected chi connectivity index (χ3v) is 3.22. The molecule has 0 bridgehead atoms. The van der Waals surface area contributed by atoms with Gasteiger partial charge in [-0.15, -0.1) is 0 Å². The van der Waals surface area contributed by atoms with E-state index in [0.29, 0.717) is 18.5 Å². The Morgan fingerprint density at radius 2 is 2.10 bits per heavy atom. The average molecular weight is 276 g/mol. The molecule has 5 heteroatoms. The Bertz CT molecular complexity index is 635. The van der Waals surface area contributed by atoms with Crippen molar-refractivity contribution in [3.05, 3.63) is 47.0 Å². The van der Waals surface area contributed by atoms with E-state index >= 15 is 0 Å². The second-order valence-corrected chi connectivity index (χ2v) is 4.54. The van der Waals surface area contributed by atoms with Crippen molar-refractivity contribution in [1.82, 2.24) is 9.78 Å². The molecule has 106 valence electrons. The van der Waals surface area contributed by atoms with Crippen LogP contribution in [0.2, 0.25) is 0 Å². The number of rotatable bonds is 5. The molecule has 1 aromatic carbocycles. The summed E-state index contributed by atoms with van der Waals surface area (Å²) in [5, 5.41) is 13.5. The van der Waals surface area contributed by atoms with Gasteiger partial charge in [-0.25, -0.2) is 9.07 Å². The Morgan fingerprint density at radius 3 is 2.65 bits per heavy atom. The summed E-state index contributed by atoms with van der Waals surface area (Å²) >= 11 is 0. The first kappa shape index (κ1) is 14.2. The first-order valence-corrected chi connectivity index (χ1v) is 6.64. The van der Waals surface area contributed by atoms with Crippen LogP contribution in [0.15, 0.2) is 24.3 Å². The molecule has 0 atom stereocenters. The summed E-state index contributed by atoms with van der Waals surface area (Å²) in [7, 11) is 0. The summed E-state index contributed by atoms with van der Waals surface area (Å²) in [6.07, 6.45) is 1.24. The van der Waals surface area contributed by atoms with E-state index < -0.39 is 5.97 Å². The Kier molecular flexibility index (Phi) is 4.17. The number of carboxylic acid groups (broad SMARTS) is 1. The lowest BCUT2D eigenvalue weighted by Gasteiger charge is -2.07. The zero-order valence-electron chi connectivity index (χ0n) is 11.6. The second kappa shape index (κ2) is 5.86. The molecule has 20 heavy (non-hydrogen) atoms. The minimum atomic E-state index is -0.881. The van der Waals surface area contributed by atoms with Gasteiger partial charge in [0.1, 0.15) is 5.82 Å². The molecule has 0 spiro atoms. The van der Waals surface area contributed by atoms with E-state index in [1.165, 1.54) is 12.1 Å². The number of nitrogens with zero attached hydrogens (tertiary/aromatic N) is 2. The summed E-state index contributed by atoms with van der Waals surface area (Å²) < 4.78 is 15.0. The van der Waals surface area contributed by atoms with Crippen LogP contribution >= 0.6 is 0 Å². The van der Waals surface area contributed by atoms with Crippen molar-refractivity contribution in [1.29, 1.82) is 0 Å². The van der Waals surface area contributed by atoms with E-state index in [0.717, 1.165) is 17.0 Å². The molecular weight excluding hydrogens is 259 g/mol. The summed E-state index contributed by atoms with van der Waals surface area (Å²) in [6.45, 7) is 3.88. The van der Waals surface area contributed by atoms with Crippen LogP contribution in [0.25, 0.3) is 5.69 Å². The third-order valence-electron chi connectivity index (χ3n) is 3.22. The van der Waals surface area contributed by atoms with Crippen LogP contribution in [0.4, 0.5) is 4.39 Å². The van der Waals surface area contributed by atoms with Gasteiger partial charge in [0.25, 0.3) is 0 Å². The monoisotopic (exact) mass is 276 g/mol. The lowest BCUT2D eigenvalue weighted by atomic mass is 10.1. The minimum Gasteiger partial charge on any atom is -0.481 e. The van der Waals surface area contributed by atoms with Crippen LogP contribution in [-0.2, 0) is 24.1 Å². The highest BCUT2D eigenvalue weighted by atomic mass is 19.1. The molecule has 0 saturated heterocycles. The summed E-state index contributed by atoms with van der Waals surface area (Å²) in [6, 6.07) is 6.15. The van der Waals surface area contributed by atoms with E-state index in [9.17, 15) is 9.18 Å². The van der Waals surface area contributed by atoms with Crippen LogP contribution in [0.3, 0.4) is 0 Å². The van der Waals surface area contributed by atoms with E-state index in [4.69, 9.17) is 5.11 Å². The maximum absolute atomic E-state index is 13.4. The van der Waals surface area contributed by atoms with Gasteiger partial charge in [0.05, 0.1) is 17.8 Å². The highest BCUT2D eigenvalue weighted by Crippen LogP contribution is 2.21. The Morgan fingerprint density at radius 1 is 1.35 bits per heavy atom. The fourth-order valence-electron chi connectivity index (χ4n) is 2.36. The van der Waals surface area contributed by atoms with Gasteiger partial charge in [-0.1, -0.05) is 19.9 Å². The zero-order valence-corrected chi connectivity index (χ0v) is 11.6. The molecular formula is C15H17FN2O2. The third kappa shape index (κ3) is 2.71. The molecule has 2 rings (SSSR count). The summed E-state index contributed by atoms with van der Waals surface area (Å²) in [4.78, 5) is 11.0. The quantitative estimate of drug-likeness (QED) is 0.913.